The van der Waals surface area contributed by atoms with Crippen molar-refractivity contribution in [1.29, 1.82) is 0 Å². The minimum atomic E-state index is -0.418. The molecule has 0 spiro atoms. The zero-order valence-electron chi connectivity index (χ0n) is 13.5. The number of anilines is 2. The van der Waals surface area contributed by atoms with Crippen LogP contribution in [0, 0.1) is 0 Å². The van der Waals surface area contributed by atoms with Crippen molar-refractivity contribution in [1.82, 2.24) is 9.55 Å². The molecule has 0 amide bonds. The van der Waals surface area contributed by atoms with Gasteiger partial charge < -0.3 is 10.2 Å². The van der Waals surface area contributed by atoms with Gasteiger partial charge in [0.1, 0.15) is 17.0 Å². The standard InChI is InChI=1S/C16H19ClN4O2S/c1-3-8-24-16-18-13-12(14(22)19-15(23)20(13)2)21(16)9-10-4-6-11(17)7-5-10/h4-7,16,18H,3,8-9H2,1-2H3,(H,19,22,23). The second kappa shape index (κ2) is 6.94. The molecule has 1 aliphatic rings. The van der Waals surface area contributed by atoms with Gasteiger partial charge in [-0.25, -0.2) is 4.79 Å². The van der Waals surface area contributed by atoms with Crippen LogP contribution in [-0.4, -0.2) is 20.8 Å². The van der Waals surface area contributed by atoms with Crippen LogP contribution in [0.1, 0.15) is 18.9 Å². The zero-order chi connectivity index (χ0) is 17.3. The van der Waals surface area contributed by atoms with E-state index in [-0.39, 0.29) is 11.1 Å². The molecule has 1 aromatic heterocycles. The van der Waals surface area contributed by atoms with Gasteiger partial charge in [-0.15, -0.1) is 11.8 Å². The highest BCUT2D eigenvalue weighted by Gasteiger charge is 2.33. The predicted molar refractivity (Wildman–Crippen MR) is 100 cm³/mol. The van der Waals surface area contributed by atoms with E-state index >= 15 is 0 Å². The number of hydrogen-bond acceptors (Lipinski definition) is 5. The van der Waals surface area contributed by atoms with E-state index < -0.39 is 5.69 Å². The lowest BCUT2D eigenvalue weighted by Crippen LogP contribution is -2.35. The van der Waals surface area contributed by atoms with Gasteiger partial charge in [0.2, 0.25) is 0 Å². The molecule has 6 nitrogen and oxygen atoms in total. The van der Waals surface area contributed by atoms with Crippen LogP contribution in [0.2, 0.25) is 5.02 Å². The minimum absolute atomic E-state index is 0.0928. The monoisotopic (exact) mass is 366 g/mol. The van der Waals surface area contributed by atoms with E-state index in [2.05, 4.69) is 17.2 Å². The van der Waals surface area contributed by atoms with Gasteiger partial charge in [-0.05, 0) is 29.9 Å². The molecule has 0 aliphatic carbocycles. The van der Waals surface area contributed by atoms with Crippen LogP contribution in [0.4, 0.5) is 11.5 Å². The van der Waals surface area contributed by atoms with Crippen molar-refractivity contribution in [2.24, 2.45) is 7.05 Å². The number of nitrogens with zero attached hydrogens (tertiary/aromatic N) is 2. The minimum Gasteiger partial charge on any atom is -0.341 e. The average molecular weight is 367 g/mol. The van der Waals surface area contributed by atoms with Gasteiger partial charge in [0.25, 0.3) is 5.56 Å². The Balaban J connectivity index is 2.00. The molecule has 3 rings (SSSR count). The number of H-pyrrole nitrogens is 1. The van der Waals surface area contributed by atoms with Crippen molar-refractivity contribution >= 4 is 34.9 Å². The quantitative estimate of drug-likeness (QED) is 0.851. The Kier molecular flexibility index (Phi) is 4.91. The van der Waals surface area contributed by atoms with Crippen LogP contribution < -0.4 is 21.5 Å². The normalized spacial score (nSPS) is 16.1. The number of thioether (sulfide) groups is 1. The maximum absolute atomic E-state index is 12.4. The Bertz CT molecular complexity index is 847. The molecule has 0 saturated heterocycles. The first-order chi connectivity index (χ1) is 11.5. The van der Waals surface area contributed by atoms with E-state index in [0.717, 1.165) is 17.7 Å². The maximum atomic E-state index is 12.4. The molecular weight excluding hydrogens is 348 g/mol. The highest BCUT2D eigenvalue weighted by molar-refractivity contribution is 8.00. The van der Waals surface area contributed by atoms with Crippen LogP contribution in [0.3, 0.4) is 0 Å². The van der Waals surface area contributed by atoms with Crippen molar-refractivity contribution in [3.63, 3.8) is 0 Å². The number of aromatic nitrogens is 2. The van der Waals surface area contributed by atoms with Gasteiger partial charge in [0.15, 0.2) is 0 Å². The third kappa shape index (κ3) is 3.18. The molecule has 1 aliphatic heterocycles. The Hall–Kier alpha value is -1.86. The summed E-state index contributed by atoms with van der Waals surface area (Å²) in [5.41, 5.74) is 0.669. The van der Waals surface area contributed by atoms with E-state index in [4.69, 9.17) is 11.6 Å². The van der Waals surface area contributed by atoms with E-state index in [0.29, 0.717) is 23.1 Å². The van der Waals surface area contributed by atoms with Crippen molar-refractivity contribution in [2.45, 2.75) is 25.4 Å². The zero-order valence-corrected chi connectivity index (χ0v) is 15.1. The summed E-state index contributed by atoms with van der Waals surface area (Å²) in [6, 6.07) is 7.55. The van der Waals surface area contributed by atoms with Crippen LogP contribution in [0.15, 0.2) is 33.9 Å². The van der Waals surface area contributed by atoms with E-state index in [1.165, 1.54) is 4.57 Å². The molecule has 0 fully saturated rings. The molecule has 2 aromatic rings. The molecule has 2 N–H and O–H groups in total. The third-order valence-electron chi connectivity index (χ3n) is 3.88. The number of benzene rings is 1. The van der Waals surface area contributed by atoms with Crippen LogP contribution >= 0.6 is 23.4 Å². The lowest BCUT2D eigenvalue weighted by molar-refractivity contribution is 0.810. The maximum Gasteiger partial charge on any atom is 0.329 e. The van der Waals surface area contributed by atoms with E-state index in [1.807, 2.05) is 29.2 Å². The second-order valence-corrected chi connectivity index (χ2v) is 7.26. The summed E-state index contributed by atoms with van der Waals surface area (Å²) < 4.78 is 1.44. The number of fused-ring (bicyclic) bond motifs is 1. The summed E-state index contributed by atoms with van der Waals surface area (Å²) in [6.07, 6.45) is 1.03. The lowest BCUT2D eigenvalue weighted by Gasteiger charge is -2.25. The smallest absolute Gasteiger partial charge is 0.329 e. The molecular formula is C16H19ClN4O2S. The first kappa shape index (κ1) is 17.0. The number of nitrogens with one attached hydrogen (secondary N) is 2. The molecule has 1 unspecified atom stereocenters. The fraction of sp³-hybridized carbons (Fsp3) is 0.375. The number of halogens is 1. The van der Waals surface area contributed by atoms with Crippen molar-refractivity contribution in [3.8, 4) is 0 Å². The molecule has 1 aromatic carbocycles. The average Bonchev–Trinajstić information content (AvgIpc) is 2.92. The van der Waals surface area contributed by atoms with E-state index in [1.54, 1.807) is 18.8 Å². The van der Waals surface area contributed by atoms with Crippen molar-refractivity contribution in [3.05, 3.63) is 55.7 Å². The van der Waals surface area contributed by atoms with Gasteiger partial charge in [-0.2, -0.15) is 0 Å². The summed E-state index contributed by atoms with van der Waals surface area (Å²) in [5.74, 6) is 1.51. The summed E-state index contributed by atoms with van der Waals surface area (Å²) in [6.45, 7) is 2.67. The number of hydrogen-bond donors (Lipinski definition) is 2. The molecule has 0 bridgehead atoms. The Morgan fingerprint density at radius 3 is 2.62 bits per heavy atom. The summed E-state index contributed by atoms with van der Waals surface area (Å²) in [4.78, 5) is 28.6. The Labute approximate surface area is 148 Å². The molecule has 0 radical (unpaired) electrons. The van der Waals surface area contributed by atoms with E-state index in [9.17, 15) is 9.59 Å². The van der Waals surface area contributed by atoms with Crippen LogP contribution in [-0.2, 0) is 13.6 Å². The number of rotatable bonds is 5. The Morgan fingerprint density at radius 1 is 1.25 bits per heavy atom. The topological polar surface area (TPSA) is 70.1 Å². The summed E-state index contributed by atoms with van der Waals surface area (Å²) in [7, 11) is 1.65. The molecule has 8 heteroatoms. The van der Waals surface area contributed by atoms with Gasteiger partial charge in [-0.3, -0.25) is 14.3 Å². The lowest BCUT2D eigenvalue weighted by atomic mass is 10.2. The van der Waals surface area contributed by atoms with Gasteiger partial charge in [0, 0.05) is 18.6 Å². The van der Waals surface area contributed by atoms with Crippen LogP contribution in [0.5, 0.6) is 0 Å². The highest BCUT2D eigenvalue weighted by Crippen LogP contribution is 2.35. The van der Waals surface area contributed by atoms with Crippen molar-refractivity contribution < 1.29 is 0 Å². The number of aromatic amines is 1. The van der Waals surface area contributed by atoms with Crippen molar-refractivity contribution in [2.75, 3.05) is 16.0 Å². The second-order valence-electron chi connectivity index (χ2n) is 5.64. The third-order valence-corrected chi connectivity index (χ3v) is 5.46. The molecule has 0 saturated carbocycles. The fourth-order valence-corrected chi connectivity index (χ4v) is 3.80. The molecule has 24 heavy (non-hydrogen) atoms. The highest BCUT2D eigenvalue weighted by atomic mass is 35.5. The summed E-state index contributed by atoms with van der Waals surface area (Å²) in [5, 5.41) is 3.98. The van der Waals surface area contributed by atoms with Gasteiger partial charge >= 0.3 is 5.69 Å². The first-order valence-electron chi connectivity index (χ1n) is 7.73. The first-order valence-corrected chi connectivity index (χ1v) is 9.16. The molecule has 1 atom stereocenters. The SMILES string of the molecule is CCCSC1Nc2c(c(=O)[nH]c(=O)n2C)N1Cc1ccc(Cl)cc1. The molecule has 128 valence electrons. The molecule has 2 heterocycles. The summed E-state index contributed by atoms with van der Waals surface area (Å²) >= 11 is 7.66. The predicted octanol–water partition coefficient (Wildman–Crippen LogP) is 2.59. The van der Waals surface area contributed by atoms with Gasteiger partial charge in [-0.1, -0.05) is 30.7 Å². The van der Waals surface area contributed by atoms with Crippen LogP contribution in [0.25, 0.3) is 0 Å². The fourth-order valence-electron chi connectivity index (χ4n) is 2.66. The largest absolute Gasteiger partial charge is 0.341 e. The van der Waals surface area contributed by atoms with Gasteiger partial charge in [0.05, 0.1) is 0 Å². The Morgan fingerprint density at radius 2 is 1.96 bits per heavy atom.